The van der Waals surface area contributed by atoms with E-state index in [9.17, 15) is 0 Å². The maximum absolute atomic E-state index is 6.07. The normalized spacial score (nSPS) is 10.4. The fourth-order valence-corrected chi connectivity index (χ4v) is 1.75. The molecule has 1 N–H and O–H groups in total. The highest BCUT2D eigenvalue weighted by Crippen LogP contribution is 2.16. The molecule has 1 aromatic heterocycles. The number of hydrogen-bond donors (Lipinski definition) is 1. The maximum atomic E-state index is 6.07. The lowest BCUT2D eigenvalue weighted by Crippen LogP contribution is -2.06. The molecule has 0 fully saturated rings. The minimum absolute atomic E-state index is 0.691. The Bertz CT molecular complexity index is 465. The van der Waals surface area contributed by atoms with Crippen molar-refractivity contribution in [3.63, 3.8) is 0 Å². The molecule has 0 aliphatic rings. The van der Waals surface area contributed by atoms with Crippen LogP contribution in [0.25, 0.3) is 0 Å². The van der Waals surface area contributed by atoms with Gasteiger partial charge in [-0.05, 0) is 18.6 Å². The molecule has 2 rings (SSSR count). The molecule has 1 heterocycles. The van der Waals surface area contributed by atoms with Gasteiger partial charge >= 0.3 is 0 Å². The zero-order valence-electron chi connectivity index (χ0n) is 9.15. The van der Waals surface area contributed by atoms with Crippen molar-refractivity contribution in [2.45, 2.75) is 20.0 Å². The van der Waals surface area contributed by atoms with Gasteiger partial charge in [-0.1, -0.05) is 29.8 Å². The molecule has 4 heteroatoms. The Morgan fingerprint density at radius 2 is 2.19 bits per heavy atom. The zero-order valence-corrected chi connectivity index (χ0v) is 9.91. The monoisotopic (exact) mass is 235 g/mol. The number of nitrogens with zero attached hydrogens (tertiary/aromatic N) is 2. The smallest absolute Gasteiger partial charge is 0.203 e. The fourth-order valence-electron chi connectivity index (χ4n) is 1.55. The lowest BCUT2D eigenvalue weighted by atomic mass is 10.2. The molecule has 0 saturated heterocycles. The van der Waals surface area contributed by atoms with E-state index in [1.807, 2.05) is 30.5 Å². The van der Waals surface area contributed by atoms with Crippen molar-refractivity contribution in [3.05, 3.63) is 47.2 Å². The Kier molecular flexibility index (Phi) is 3.47. The van der Waals surface area contributed by atoms with Gasteiger partial charge in [0.25, 0.3) is 0 Å². The molecule has 1 aromatic carbocycles. The Morgan fingerprint density at radius 3 is 2.94 bits per heavy atom. The lowest BCUT2D eigenvalue weighted by Gasteiger charge is -2.08. The Balaban J connectivity index is 2.05. The zero-order chi connectivity index (χ0) is 11.4. The molecule has 0 aliphatic heterocycles. The predicted octanol–water partition coefficient (Wildman–Crippen LogP) is 3.17. The number of benzene rings is 1. The molecular formula is C12H14ClN3. The van der Waals surface area contributed by atoms with Gasteiger partial charge in [0, 0.05) is 30.5 Å². The molecule has 0 unspecified atom stereocenters. The summed E-state index contributed by atoms with van der Waals surface area (Å²) in [5, 5.41) is 4.05. The largest absolute Gasteiger partial charge is 0.352 e. The van der Waals surface area contributed by atoms with Crippen LogP contribution in [-0.4, -0.2) is 9.55 Å². The molecule has 3 nitrogen and oxygen atoms in total. The minimum Gasteiger partial charge on any atom is -0.352 e. The number of imidazole rings is 1. The summed E-state index contributed by atoms with van der Waals surface area (Å²) in [6.45, 7) is 3.68. The summed E-state index contributed by atoms with van der Waals surface area (Å²) < 4.78 is 2.05. The third kappa shape index (κ3) is 2.36. The average Bonchev–Trinajstić information content (AvgIpc) is 2.75. The molecule has 0 aliphatic carbocycles. The molecule has 2 aromatic rings. The Labute approximate surface area is 100 Å². The summed E-state index contributed by atoms with van der Waals surface area (Å²) in [6.07, 6.45) is 3.74. The van der Waals surface area contributed by atoms with Crippen LogP contribution in [0.5, 0.6) is 0 Å². The quantitative estimate of drug-likeness (QED) is 0.882. The summed E-state index contributed by atoms with van der Waals surface area (Å²) in [5.41, 5.74) is 1.08. The van der Waals surface area contributed by atoms with Crippen molar-refractivity contribution in [2.24, 2.45) is 0 Å². The first-order valence-electron chi connectivity index (χ1n) is 5.29. The van der Waals surface area contributed by atoms with Crippen LogP contribution < -0.4 is 5.32 Å². The number of rotatable bonds is 4. The van der Waals surface area contributed by atoms with Crippen LogP contribution in [-0.2, 0) is 13.1 Å². The van der Waals surface area contributed by atoms with E-state index < -0.39 is 0 Å². The average molecular weight is 236 g/mol. The van der Waals surface area contributed by atoms with E-state index in [1.165, 1.54) is 0 Å². The third-order valence-corrected chi connectivity index (χ3v) is 2.82. The van der Waals surface area contributed by atoms with Crippen LogP contribution in [0.3, 0.4) is 0 Å². The first-order chi connectivity index (χ1) is 7.81. The molecule has 0 spiro atoms. The second-order valence-corrected chi connectivity index (χ2v) is 3.89. The Hall–Kier alpha value is -1.48. The summed E-state index contributed by atoms with van der Waals surface area (Å²) in [5.74, 6) is 0.877. The standard InChI is InChI=1S/C12H14ClN3/c1-2-16-8-7-14-12(16)15-9-10-5-3-4-6-11(10)13/h3-8H,2,9H2,1H3,(H,14,15). The van der Waals surface area contributed by atoms with Crippen molar-refractivity contribution < 1.29 is 0 Å². The van der Waals surface area contributed by atoms with Crippen molar-refractivity contribution in [3.8, 4) is 0 Å². The van der Waals surface area contributed by atoms with Gasteiger partial charge < -0.3 is 9.88 Å². The van der Waals surface area contributed by atoms with Gasteiger partial charge in [-0.3, -0.25) is 0 Å². The van der Waals surface area contributed by atoms with Crippen LogP contribution >= 0.6 is 11.6 Å². The van der Waals surface area contributed by atoms with E-state index in [-0.39, 0.29) is 0 Å². The van der Waals surface area contributed by atoms with Crippen molar-refractivity contribution in [1.29, 1.82) is 0 Å². The number of aryl methyl sites for hydroxylation is 1. The molecular weight excluding hydrogens is 222 g/mol. The number of anilines is 1. The van der Waals surface area contributed by atoms with E-state index in [0.29, 0.717) is 6.54 Å². The topological polar surface area (TPSA) is 29.9 Å². The number of nitrogens with one attached hydrogen (secondary N) is 1. The van der Waals surface area contributed by atoms with Crippen LogP contribution in [0.15, 0.2) is 36.7 Å². The van der Waals surface area contributed by atoms with Crippen molar-refractivity contribution in [2.75, 3.05) is 5.32 Å². The maximum Gasteiger partial charge on any atom is 0.203 e. The van der Waals surface area contributed by atoms with Gasteiger partial charge in [-0.25, -0.2) is 4.98 Å². The molecule has 16 heavy (non-hydrogen) atoms. The van der Waals surface area contributed by atoms with E-state index in [1.54, 1.807) is 6.20 Å². The number of halogens is 1. The Morgan fingerprint density at radius 1 is 1.38 bits per heavy atom. The second kappa shape index (κ2) is 5.03. The van der Waals surface area contributed by atoms with Crippen LogP contribution in [0.1, 0.15) is 12.5 Å². The predicted molar refractivity (Wildman–Crippen MR) is 66.7 cm³/mol. The van der Waals surface area contributed by atoms with Gasteiger partial charge in [0.15, 0.2) is 0 Å². The highest BCUT2D eigenvalue weighted by molar-refractivity contribution is 6.31. The first-order valence-corrected chi connectivity index (χ1v) is 5.67. The van der Waals surface area contributed by atoms with Gasteiger partial charge in [0.2, 0.25) is 5.95 Å². The molecule has 0 bridgehead atoms. The third-order valence-electron chi connectivity index (χ3n) is 2.45. The van der Waals surface area contributed by atoms with Crippen LogP contribution in [0, 0.1) is 0 Å². The molecule has 0 saturated carbocycles. The molecule has 0 radical (unpaired) electrons. The summed E-state index contributed by atoms with van der Waals surface area (Å²) >= 11 is 6.07. The van der Waals surface area contributed by atoms with E-state index in [0.717, 1.165) is 23.1 Å². The van der Waals surface area contributed by atoms with E-state index >= 15 is 0 Å². The van der Waals surface area contributed by atoms with Crippen molar-refractivity contribution in [1.82, 2.24) is 9.55 Å². The minimum atomic E-state index is 0.691. The van der Waals surface area contributed by atoms with Gasteiger partial charge in [-0.2, -0.15) is 0 Å². The van der Waals surface area contributed by atoms with E-state index in [2.05, 4.69) is 21.8 Å². The van der Waals surface area contributed by atoms with Crippen LogP contribution in [0.2, 0.25) is 5.02 Å². The van der Waals surface area contributed by atoms with Crippen LogP contribution in [0.4, 0.5) is 5.95 Å². The number of aromatic nitrogens is 2. The second-order valence-electron chi connectivity index (χ2n) is 3.48. The highest BCUT2D eigenvalue weighted by Gasteiger charge is 2.02. The fraction of sp³-hybridized carbons (Fsp3) is 0.250. The summed E-state index contributed by atoms with van der Waals surface area (Å²) in [6, 6.07) is 7.81. The van der Waals surface area contributed by atoms with Gasteiger partial charge in [0.05, 0.1) is 0 Å². The molecule has 0 amide bonds. The van der Waals surface area contributed by atoms with E-state index in [4.69, 9.17) is 11.6 Å². The SMILES string of the molecule is CCn1ccnc1NCc1ccccc1Cl. The van der Waals surface area contributed by atoms with Gasteiger partial charge in [0.1, 0.15) is 0 Å². The van der Waals surface area contributed by atoms with Gasteiger partial charge in [-0.15, -0.1) is 0 Å². The first kappa shape index (κ1) is 11.0. The summed E-state index contributed by atoms with van der Waals surface area (Å²) in [4.78, 5) is 4.24. The number of hydrogen-bond acceptors (Lipinski definition) is 2. The highest BCUT2D eigenvalue weighted by atomic mass is 35.5. The lowest BCUT2D eigenvalue weighted by molar-refractivity contribution is 0.763. The summed E-state index contributed by atoms with van der Waals surface area (Å²) in [7, 11) is 0. The van der Waals surface area contributed by atoms with Crippen molar-refractivity contribution >= 4 is 17.5 Å². The molecule has 84 valence electrons. The molecule has 0 atom stereocenters.